The Morgan fingerprint density at radius 1 is 0.833 bits per heavy atom. The van der Waals surface area contributed by atoms with Crippen LogP contribution in [0.25, 0.3) is 0 Å². The molecule has 0 aliphatic carbocycles. The first-order valence-corrected chi connectivity index (χ1v) is 5.89. The normalized spacial score (nSPS) is 12.5. The van der Waals surface area contributed by atoms with Crippen molar-refractivity contribution in [2.24, 2.45) is 5.73 Å². The molecule has 94 valence electrons. The van der Waals surface area contributed by atoms with Crippen LogP contribution in [-0.2, 0) is 0 Å². The summed E-state index contributed by atoms with van der Waals surface area (Å²) in [5.74, 6) is -1.33. The minimum atomic E-state index is -0.666. The molecule has 2 aromatic rings. The lowest BCUT2D eigenvalue weighted by Gasteiger charge is -2.13. The van der Waals surface area contributed by atoms with E-state index < -0.39 is 17.7 Å². The molecule has 1 unspecified atom stereocenters. The monoisotopic (exact) mass is 287 g/mol. The number of hydrogen-bond acceptors (Lipinski definition) is 1. The lowest BCUT2D eigenvalue weighted by Crippen LogP contribution is -2.12. The van der Waals surface area contributed by atoms with Crippen LogP contribution in [0.1, 0.15) is 17.2 Å². The second kappa shape index (κ2) is 5.22. The van der Waals surface area contributed by atoms with Gasteiger partial charge in [-0.15, -0.1) is 0 Å². The van der Waals surface area contributed by atoms with E-state index in [-0.39, 0.29) is 0 Å². The van der Waals surface area contributed by atoms with Crippen molar-refractivity contribution >= 4 is 23.2 Å². The van der Waals surface area contributed by atoms with Gasteiger partial charge in [-0.3, -0.25) is 0 Å². The Labute approximate surface area is 113 Å². The van der Waals surface area contributed by atoms with Gasteiger partial charge >= 0.3 is 0 Å². The highest BCUT2D eigenvalue weighted by Crippen LogP contribution is 2.28. The Morgan fingerprint density at radius 2 is 1.44 bits per heavy atom. The van der Waals surface area contributed by atoms with Gasteiger partial charge < -0.3 is 5.73 Å². The van der Waals surface area contributed by atoms with E-state index in [0.717, 1.165) is 6.07 Å². The van der Waals surface area contributed by atoms with Gasteiger partial charge in [-0.1, -0.05) is 29.3 Å². The highest BCUT2D eigenvalue weighted by atomic mass is 35.5. The van der Waals surface area contributed by atoms with Crippen molar-refractivity contribution in [2.75, 3.05) is 0 Å². The first-order chi connectivity index (χ1) is 8.47. The van der Waals surface area contributed by atoms with E-state index in [1.807, 2.05) is 0 Å². The van der Waals surface area contributed by atoms with E-state index in [1.54, 1.807) is 18.2 Å². The van der Waals surface area contributed by atoms with E-state index in [4.69, 9.17) is 28.9 Å². The molecule has 0 saturated heterocycles. The van der Waals surface area contributed by atoms with Crippen molar-refractivity contribution < 1.29 is 8.78 Å². The third kappa shape index (κ3) is 2.80. The standard InChI is InChI=1S/C13H9Cl2F2N/c14-11-2-1-7(5-12(11)15)13(18)8-3-9(16)6-10(17)4-8/h1-6,13H,18H2. The molecule has 0 aliphatic rings. The van der Waals surface area contributed by atoms with Gasteiger partial charge in [0.2, 0.25) is 0 Å². The highest BCUT2D eigenvalue weighted by molar-refractivity contribution is 6.42. The molecule has 0 heterocycles. The molecular formula is C13H9Cl2F2N. The average Bonchev–Trinajstić information content (AvgIpc) is 2.30. The zero-order valence-corrected chi connectivity index (χ0v) is 10.6. The maximum Gasteiger partial charge on any atom is 0.126 e. The molecule has 0 spiro atoms. The summed E-state index contributed by atoms with van der Waals surface area (Å²) in [6.07, 6.45) is 0. The summed E-state index contributed by atoms with van der Waals surface area (Å²) in [4.78, 5) is 0. The summed E-state index contributed by atoms with van der Waals surface area (Å²) in [5.41, 5.74) is 6.91. The molecule has 1 nitrogen and oxygen atoms in total. The van der Waals surface area contributed by atoms with Crippen LogP contribution in [0.2, 0.25) is 10.0 Å². The lowest BCUT2D eigenvalue weighted by atomic mass is 9.99. The molecule has 2 N–H and O–H groups in total. The molecule has 0 aliphatic heterocycles. The Balaban J connectivity index is 2.40. The third-order valence-corrected chi connectivity index (χ3v) is 3.29. The molecule has 5 heteroatoms. The van der Waals surface area contributed by atoms with E-state index in [9.17, 15) is 8.78 Å². The molecule has 0 radical (unpaired) electrons. The van der Waals surface area contributed by atoms with E-state index in [0.29, 0.717) is 21.2 Å². The number of nitrogens with two attached hydrogens (primary N) is 1. The largest absolute Gasteiger partial charge is 0.320 e. The predicted octanol–water partition coefficient (Wildman–Crippen LogP) is 4.32. The van der Waals surface area contributed by atoms with Crippen molar-refractivity contribution in [1.82, 2.24) is 0 Å². The number of benzene rings is 2. The molecule has 0 bridgehead atoms. The first kappa shape index (κ1) is 13.3. The molecule has 1 atom stereocenters. The van der Waals surface area contributed by atoms with Gasteiger partial charge in [0.05, 0.1) is 16.1 Å². The maximum absolute atomic E-state index is 13.1. The molecule has 2 aromatic carbocycles. The lowest BCUT2D eigenvalue weighted by molar-refractivity contribution is 0.577. The molecule has 0 saturated carbocycles. The Kier molecular flexibility index (Phi) is 3.85. The second-order valence-corrected chi connectivity index (χ2v) is 4.67. The van der Waals surface area contributed by atoms with E-state index in [2.05, 4.69) is 0 Å². The summed E-state index contributed by atoms with van der Waals surface area (Å²) >= 11 is 11.7. The third-order valence-electron chi connectivity index (χ3n) is 2.55. The molecule has 2 rings (SSSR count). The maximum atomic E-state index is 13.1. The SMILES string of the molecule is NC(c1cc(F)cc(F)c1)c1ccc(Cl)c(Cl)c1. The van der Waals surface area contributed by atoms with Crippen LogP contribution in [-0.4, -0.2) is 0 Å². The molecule has 0 amide bonds. The Hall–Kier alpha value is -1.16. The van der Waals surface area contributed by atoms with Gasteiger partial charge in [0.15, 0.2) is 0 Å². The molecular weight excluding hydrogens is 279 g/mol. The van der Waals surface area contributed by atoms with Crippen molar-refractivity contribution in [3.63, 3.8) is 0 Å². The fraction of sp³-hybridized carbons (Fsp3) is 0.0769. The summed E-state index contributed by atoms with van der Waals surface area (Å²) in [6, 6.07) is 7.36. The van der Waals surface area contributed by atoms with Gasteiger partial charge in [0, 0.05) is 6.07 Å². The van der Waals surface area contributed by atoms with E-state index in [1.165, 1.54) is 12.1 Å². The van der Waals surface area contributed by atoms with Crippen molar-refractivity contribution in [3.8, 4) is 0 Å². The number of rotatable bonds is 2. The van der Waals surface area contributed by atoms with Crippen molar-refractivity contribution in [3.05, 3.63) is 69.2 Å². The minimum Gasteiger partial charge on any atom is -0.320 e. The fourth-order valence-electron chi connectivity index (χ4n) is 1.65. The van der Waals surface area contributed by atoms with Crippen LogP contribution >= 0.6 is 23.2 Å². The quantitative estimate of drug-likeness (QED) is 0.875. The van der Waals surface area contributed by atoms with Crippen LogP contribution < -0.4 is 5.73 Å². The number of halogens is 4. The van der Waals surface area contributed by atoms with Crippen molar-refractivity contribution in [1.29, 1.82) is 0 Å². The van der Waals surface area contributed by atoms with Crippen LogP contribution in [0.15, 0.2) is 36.4 Å². The molecule has 0 aromatic heterocycles. The number of hydrogen-bond donors (Lipinski definition) is 1. The summed E-state index contributed by atoms with van der Waals surface area (Å²) < 4.78 is 26.2. The van der Waals surface area contributed by atoms with Crippen LogP contribution in [0, 0.1) is 11.6 Å². The average molecular weight is 288 g/mol. The summed E-state index contributed by atoms with van der Waals surface area (Å²) in [5, 5.41) is 0.750. The van der Waals surface area contributed by atoms with Gasteiger partial charge in [0.25, 0.3) is 0 Å². The van der Waals surface area contributed by atoms with E-state index >= 15 is 0 Å². The summed E-state index contributed by atoms with van der Waals surface area (Å²) in [6.45, 7) is 0. The van der Waals surface area contributed by atoms with Crippen LogP contribution in [0.4, 0.5) is 8.78 Å². The van der Waals surface area contributed by atoms with Crippen LogP contribution in [0.3, 0.4) is 0 Å². The predicted molar refractivity (Wildman–Crippen MR) is 68.9 cm³/mol. The van der Waals surface area contributed by atoms with Gasteiger partial charge in [-0.05, 0) is 35.4 Å². The van der Waals surface area contributed by atoms with Crippen molar-refractivity contribution in [2.45, 2.75) is 6.04 Å². The highest BCUT2D eigenvalue weighted by Gasteiger charge is 2.12. The first-order valence-electron chi connectivity index (χ1n) is 5.14. The molecule has 0 fully saturated rings. The Morgan fingerprint density at radius 3 is 2.00 bits per heavy atom. The topological polar surface area (TPSA) is 26.0 Å². The minimum absolute atomic E-state index is 0.339. The summed E-state index contributed by atoms with van der Waals surface area (Å²) in [7, 11) is 0. The zero-order chi connectivity index (χ0) is 13.3. The Bertz CT molecular complexity index is 567. The second-order valence-electron chi connectivity index (χ2n) is 3.85. The van der Waals surface area contributed by atoms with Gasteiger partial charge in [-0.25, -0.2) is 8.78 Å². The molecule has 18 heavy (non-hydrogen) atoms. The fourth-order valence-corrected chi connectivity index (χ4v) is 1.96. The smallest absolute Gasteiger partial charge is 0.126 e. The van der Waals surface area contributed by atoms with Gasteiger partial charge in [0.1, 0.15) is 11.6 Å². The van der Waals surface area contributed by atoms with Gasteiger partial charge in [-0.2, -0.15) is 0 Å². The van der Waals surface area contributed by atoms with Crippen LogP contribution in [0.5, 0.6) is 0 Å². The zero-order valence-electron chi connectivity index (χ0n) is 9.13.